The van der Waals surface area contributed by atoms with Crippen LogP contribution in [-0.2, 0) is 4.79 Å². The van der Waals surface area contributed by atoms with Crippen molar-refractivity contribution in [2.45, 2.75) is 25.8 Å². The molecule has 1 heterocycles. The predicted molar refractivity (Wildman–Crippen MR) is 76.3 cm³/mol. The van der Waals surface area contributed by atoms with Crippen molar-refractivity contribution >= 4 is 23.6 Å². The minimum absolute atomic E-state index is 0.158. The minimum atomic E-state index is -1.02. The molecule has 1 aliphatic heterocycles. The number of piperidine rings is 1. The maximum Gasteiger partial charge on any atom is 0.335 e. The third kappa shape index (κ3) is 3.71. The van der Waals surface area contributed by atoms with Gasteiger partial charge in [-0.25, -0.2) is 9.59 Å². The second-order valence-electron chi connectivity index (χ2n) is 4.92. The van der Waals surface area contributed by atoms with Crippen LogP contribution in [0.15, 0.2) is 18.2 Å². The number of carboxylic acids is 1. The van der Waals surface area contributed by atoms with Crippen molar-refractivity contribution in [3.63, 3.8) is 0 Å². The number of hydrogen-bond donors (Lipinski definition) is 4. The Hall–Kier alpha value is -2.57. The van der Waals surface area contributed by atoms with Crippen LogP contribution in [0.3, 0.4) is 0 Å². The summed E-state index contributed by atoms with van der Waals surface area (Å²) >= 11 is 0. The van der Waals surface area contributed by atoms with Crippen LogP contribution >= 0.6 is 0 Å². The summed E-state index contributed by atoms with van der Waals surface area (Å²) in [6, 6.07) is 3.41. The lowest BCUT2D eigenvalue weighted by molar-refractivity contribution is -0.124. The van der Waals surface area contributed by atoms with E-state index in [1.54, 1.807) is 6.92 Å². The van der Waals surface area contributed by atoms with Crippen molar-refractivity contribution in [1.29, 1.82) is 0 Å². The normalized spacial score (nSPS) is 17.8. The Balaban J connectivity index is 1.99. The molecule has 1 saturated heterocycles. The summed E-state index contributed by atoms with van der Waals surface area (Å²) < 4.78 is 0. The van der Waals surface area contributed by atoms with E-state index in [9.17, 15) is 14.4 Å². The second-order valence-corrected chi connectivity index (χ2v) is 4.92. The molecule has 1 aromatic carbocycles. The molecular formula is C14H17N3O4. The molecule has 0 spiro atoms. The zero-order chi connectivity index (χ0) is 15.4. The van der Waals surface area contributed by atoms with Crippen molar-refractivity contribution in [3.8, 4) is 0 Å². The van der Waals surface area contributed by atoms with E-state index in [2.05, 4.69) is 16.0 Å². The maximum absolute atomic E-state index is 11.9. The smallest absolute Gasteiger partial charge is 0.335 e. The van der Waals surface area contributed by atoms with E-state index in [0.717, 1.165) is 6.42 Å². The third-order valence-corrected chi connectivity index (χ3v) is 3.31. The average molecular weight is 291 g/mol. The molecule has 4 N–H and O–H groups in total. The molecule has 0 aliphatic carbocycles. The van der Waals surface area contributed by atoms with Crippen LogP contribution in [0.1, 0.15) is 28.8 Å². The van der Waals surface area contributed by atoms with Crippen LogP contribution in [0.4, 0.5) is 10.5 Å². The summed E-state index contributed by atoms with van der Waals surface area (Å²) in [4.78, 5) is 34.3. The van der Waals surface area contributed by atoms with Gasteiger partial charge in [0.2, 0.25) is 5.91 Å². The first kappa shape index (κ1) is 14.8. The first-order valence-corrected chi connectivity index (χ1v) is 6.66. The molecular weight excluding hydrogens is 274 g/mol. The van der Waals surface area contributed by atoms with E-state index >= 15 is 0 Å². The Labute approximate surface area is 121 Å². The van der Waals surface area contributed by atoms with Crippen LogP contribution in [-0.4, -0.2) is 35.6 Å². The number of hydrogen-bond acceptors (Lipinski definition) is 3. The zero-order valence-corrected chi connectivity index (χ0v) is 11.6. The number of rotatable bonds is 3. The molecule has 1 fully saturated rings. The number of anilines is 1. The molecule has 0 bridgehead atoms. The largest absolute Gasteiger partial charge is 0.478 e. The lowest BCUT2D eigenvalue weighted by Crippen LogP contribution is -2.51. The molecule has 1 aromatic rings. The second kappa shape index (κ2) is 6.25. The van der Waals surface area contributed by atoms with Crippen LogP contribution < -0.4 is 16.0 Å². The molecule has 2 rings (SSSR count). The molecule has 112 valence electrons. The van der Waals surface area contributed by atoms with Gasteiger partial charge >= 0.3 is 12.0 Å². The van der Waals surface area contributed by atoms with Crippen molar-refractivity contribution in [1.82, 2.24) is 10.6 Å². The highest BCUT2D eigenvalue weighted by Crippen LogP contribution is 2.16. The number of nitrogens with one attached hydrogen (secondary N) is 3. The highest BCUT2D eigenvalue weighted by Gasteiger charge is 2.23. The van der Waals surface area contributed by atoms with Crippen molar-refractivity contribution in [3.05, 3.63) is 29.3 Å². The van der Waals surface area contributed by atoms with Gasteiger partial charge in [0.25, 0.3) is 0 Å². The first-order valence-electron chi connectivity index (χ1n) is 6.66. The van der Waals surface area contributed by atoms with Crippen LogP contribution in [0.5, 0.6) is 0 Å². The zero-order valence-electron chi connectivity index (χ0n) is 11.6. The summed E-state index contributed by atoms with van der Waals surface area (Å²) in [6.45, 7) is 2.34. The molecule has 0 aromatic heterocycles. The van der Waals surface area contributed by atoms with Crippen LogP contribution in [0.25, 0.3) is 0 Å². The molecule has 0 saturated carbocycles. The number of carboxylic acid groups (broad SMARTS) is 1. The topological polar surface area (TPSA) is 108 Å². The molecule has 1 aliphatic rings. The number of carbonyl (C=O) groups is 3. The lowest BCUT2D eigenvalue weighted by Gasteiger charge is -2.23. The summed E-state index contributed by atoms with van der Waals surface area (Å²) in [6.07, 6.45) is 1.43. The van der Waals surface area contributed by atoms with Gasteiger partial charge in [-0.05, 0) is 43.5 Å². The first-order chi connectivity index (χ1) is 9.97. The summed E-state index contributed by atoms with van der Waals surface area (Å²) in [5, 5.41) is 16.8. The van der Waals surface area contributed by atoms with E-state index in [1.807, 2.05) is 0 Å². The van der Waals surface area contributed by atoms with E-state index < -0.39 is 18.0 Å². The Bertz CT molecular complexity index is 586. The molecule has 7 heteroatoms. The van der Waals surface area contributed by atoms with Gasteiger partial charge in [-0.3, -0.25) is 4.79 Å². The Kier molecular flexibility index (Phi) is 4.42. The van der Waals surface area contributed by atoms with Crippen molar-refractivity contribution in [2.75, 3.05) is 11.9 Å². The fourth-order valence-corrected chi connectivity index (χ4v) is 2.16. The van der Waals surface area contributed by atoms with E-state index in [1.165, 1.54) is 18.2 Å². The number of carbonyl (C=O) groups excluding carboxylic acids is 2. The van der Waals surface area contributed by atoms with Gasteiger partial charge in [0.15, 0.2) is 0 Å². The fourth-order valence-electron chi connectivity index (χ4n) is 2.16. The highest BCUT2D eigenvalue weighted by molar-refractivity contribution is 5.95. The van der Waals surface area contributed by atoms with Crippen LogP contribution in [0.2, 0.25) is 0 Å². The highest BCUT2D eigenvalue weighted by atomic mass is 16.4. The molecule has 21 heavy (non-hydrogen) atoms. The van der Waals surface area contributed by atoms with E-state index in [4.69, 9.17) is 5.11 Å². The summed E-state index contributed by atoms with van der Waals surface area (Å²) in [5.74, 6) is -1.21. The van der Waals surface area contributed by atoms with Gasteiger partial charge in [0.05, 0.1) is 5.56 Å². The quantitative estimate of drug-likeness (QED) is 0.668. The van der Waals surface area contributed by atoms with Crippen molar-refractivity contribution in [2.24, 2.45) is 0 Å². The predicted octanol–water partition coefficient (Wildman–Crippen LogP) is 1.09. The fraction of sp³-hybridized carbons (Fsp3) is 0.357. The number of aromatic carboxylic acids is 1. The summed E-state index contributed by atoms with van der Waals surface area (Å²) in [5.41, 5.74) is 1.30. The molecule has 0 radical (unpaired) electrons. The summed E-state index contributed by atoms with van der Waals surface area (Å²) in [7, 11) is 0. The van der Waals surface area contributed by atoms with E-state index in [0.29, 0.717) is 24.2 Å². The molecule has 1 unspecified atom stereocenters. The molecule has 1 atom stereocenters. The Morgan fingerprint density at radius 1 is 1.38 bits per heavy atom. The number of urea groups is 1. The van der Waals surface area contributed by atoms with Crippen molar-refractivity contribution < 1.29 is 19.5 Å². The Morgan fingerprint density at radius 3 is 2.76 bits per heavy atom. The average Bonchev–Trinajstić information content (AvgIpc) is 2.43. The van der Waals surface area contributed by atoms with Crippen LogP contribution in [0, 0.1) is 6.92 Å². The number of amides is 3. The third-order valence-electron chi connectivity index (χ3n) is 3.31. The monoisotopic (exact) mass is 291 g/mol. The SMILES string of the molecule is Cc1cc(C(=O)O)ccc1NC(=O)NC1CCCNC1=O. The lowest BCUT2D eigenvalue weighted by atomic mass is 10.1. The molecule has 7 nitrogen and oxygen atoms in total. The van der Waals surface area contributed by atoms with Gasteiger partial charge < -0.3 is 21.1 Å². The van der Waals surface area contributed by atoms with E-state index in [-0.39, 0.29) is 11.5 Å². The van der Waals surface area contributed by atoms with Gasteiger partial charge in [0.1, 0.15) is 6.04 Å². The number of benzene rings is 1. The van der Waals surface area contributed by atoms with Gasteiger partial charge in [-0.1, -0.05) is 0 Å². The minimum Gasteiger partial charge on any atom is -0.478 e. The van der Waals surface area contributed by atoms with Gasteiger partial charge in [-0.15, -0.1) is 0 Å². The standard InChI is InChI=1S/C14H17N3O4/c1-8-7-9(13(19)20)4-5-10(8)16-14(21)17-11-3-2-6-15-12(11)18/h4-5,7,11H,2-3,6H2,1H3,(H,15,18)(H,19,20)(H2,16,17,21). The molecule has 3 amide bonds. The van der Waals surface area contributed by atoms with Gasteiger partial charge in [0, 0.05) is 12.2 Å². The Morgan fingerprint density at radius 2 is 2.14 bits per heavy atom. The van der Waals surface area contributed by atoms with Gasteiger partial charge in [-0.2, -0.15) is 0 Å². The number of aryl methyl sites for hydroxylation is 1. The maximum atomic E-state index is 11.9.